The van der Waals surface area contributed by atoms with Gasteiger partial charge in [-0.25, -0.2) is 4.39 Å². The second-order valence-electron chi connectivity index (χ2n) is 6.98. The van der Waals surface area contributed by atoms with Crippen LogP contribution in [0, 0.1) is 5.82 Å². The molecular weight excluding hydrogens is 337 g/mol. The van der Waals surface area contributed by atoms with Gasteiger partial charge in [0.05, 0.1) is 6.54 Å². The number of nitrogens with zero attached hydrogens (tertiary/aromatic N) is 3. The van der Waals surface area contributed by atoms with Crippen molar-refractivity contribution in [2.45, 2.75) is 45.4 Å². The first-order valence-corrected chi connectivity index (χ1v) is 9.97. The molecule has 0 radical (unpaired) electrons. The van der Waals surface area contributed by atoms with Crippen LogP contribution in [0.15, 0.2) is 59.9 Å². The first-order chi connectivity index (χ1) is 13.3. The van der Waals surface area contributed by atoms with Crippen LogP contribution in [0.4, 0.5) is 4.39 Å². The van der Waals surface area contributed by atoms with Crippen LogP contribution in [-0.2, 0) is 0 Å². The Morgan fingerprint density at radius 2 is 1.74 bits per heavy atom. The van der Waals surface area contributed by atoms with Crippen molar-refractivity contribution in [3.8, 4) is 0 Å². The van der Waals surface area contributed by atoms with Gasteiger partial charge >= 0.3 is 0 Å². The highest BCUT2D eigenvalue weighted by atomic mass is 19.1. The van der Waals surface area contributed by atoms with Crippen LogP contribution in [0.3, 0.4) is 0 Å². The molecule has 0 saturated heterocycles. The molecule has 3 nitrogen and oxygen atoms in total. The van der Waals surface area contributed by atoms with Gasteiger partial charge in [0.25, 0.3) is 0 Å². The third kappa shape index (κ3) is 5.49. The van der Waals surface area contributed by atoms with Crippen molar-refractivity contribution < 1.29 is 4.39 Å². The Hall–Kier alpha value is -2.49. The number of aliphatic imine (C=N–C) groups is 1. The molecule has 0 bridgehead atoms. The van der Waals surface area contributed by atoms with E-state index < -0.39 is 0 Å². The Kier molecular flexibility index (Phi) is 7.14. The number of halogens is 1. The maximum Gasteiger partial charge on any atom is 0.154 e. The highest BCUT2D eigenvalue weighted by molar-refractivity contribution is 6.00. The summed E-state index contributed by atoms with van der Waals surface area (Å²) in [5.74, 6) is 0.715. The largest absolute Gasteiger partial charge is 0.331 e. The van der Waals surface area contributed by atoms with E-state index in [1.165, 1.54) is 44.2 Å². The molecule has 1 aliphatic rings. The minimum absolute atomic E-state index is 0.211. The average Bonchev–Trinajstić information content (AvgIpc) is 2.72. The molecule has 1 aliphatic heterocycles. The normalized spacial score (nSPS) is 14.1. The molecule has 0 spiro atoms. The molecule has 142 valence electrons. The summed E-state index contributed by atoms with van der Waals surface area (Å²) in [7, 11) is 0. The van der Waals surface area contributed by atoms with E-state index in [1.54, 1.807) is 6.20 Å². The van der Waals surface area contributed by atoms with Gasteiger partial charge in [-0.2, -0.15) is 0 Å². The lowest BCUT2D eigenvalue weighted by atomic mass is 10.0. The van der Waals surface area contributed by atoms with Gasteiger partial charge in [0, 0.05) is 18.9 Å². The van der Waals surface area contributed by atoms with E-state index in [-0.39, 0.29) is 5.82 Å². The smallest absolute Gasteiger partial charge is 0.154 e. The molecule has 2 heterocycles. The third-order valence-electron chi connectivity index (χ3n) is 4.84. The molecule has 1 aromatic carbocycles. The second-order valence-corrected chi connectivity index (χ2v) is 6.98. The molecule has 0 aliphatic carbocycles. The fourth-order valence-electron chi connectivity index (χ4n) is 3.33. The van der Waals surface area contributed by atoms with Gasteiger partial charge in [0.1, 0.15) is 11.5 Å². The summed E-state index contributed by atoms with van der Waals surface area (Å²) < 4.78 is 13.2. The molecule has 0 N–H and O–H groups in total. The van der Waals surface area contributed by atoms with Crippen molar-refractivity contribution >= 4 is 11.4 Å². The molecule has 0 saturated carbocycles. The van der Waals surface area contributed by atoms with E-state index in [0.29, 0.717) is 6.54 Å². The van der Waals surface area contributed by atoms with E-state index in [2.05, 4.69) is 23.0 Å². The molecule has 1 aromatic heterocycles. The van der Waals surface area contributed by atoms with E-state index in [1.807, 2.05) is 30.3 Å². The van der Waals surface area contributed by atoms with E-state index in [0.717, 1.165) is 35.6 Å². The maximum atomic E-state index is 13.2. The van der Waals surface area contributed by atoms with Crippen molar-refractivity contribution in [2.75, 3.05) is 13.1 Å². The Labute approximate surface area is 161 Å². The van der Waals surface area contributed by atoms with Crippen LogP contribution in [0.5, 0.6) is 0 Å². The number of pyridine rings is 1. The minimum Gasteiger partial charge on any atom is -0.331 e. The lowest BCUT2D eigenvalue weighted by molar-refractivity contribution is 0.496. The van der Waals surface area contributed by atoms with Crippen LogP contribution in [-0.4, -0.2) is 28.8 Å². The molecule has 0 amide bonds. The number of hydrogen-bond donors (Lipinski definition) is 0. The Bertz CT molecular complexity index is 766. The van der Waals surface area contributed by atoms with Crippen molar-refractivity contribution in [3.05, 3.63) is 71.9 Å². The first kappa shape index (κ1) is 19.3. The quantitative estimate of drug-likeness (QED) is 0.535. The third-order valence-corrected chi connectivity index (χ3v) is 4.84. The molecule has 3 rings (SSSR count). The summed E-state index contributed by atoms with van der Waals surface area (Å²) in [5, 5.41) is 0. The maximum absolute atomic E-state index is 13.2. The highest BCUT2D eigenvalue weighted by Crippen LogP contribution is 2.22. The van der Waals surface area contributed by atoms with Gasteiger partial charge in [-0.3, -0.25) is 9.98 Å². The molecule has 4 heteroatoms. The van der Waals surface area contributed by atoms with E-state index in [4.69, 9.17) is 4.99 Å². The summed E-state index contributed by atoms with van der Waals surface area (Å²) in [6.07, 6.45) is 11.5. The monoisotopic (exact) mass is 365 g/mol. The zero-order valence-electron chi connectivity index (χ0n) is 16.1. The molecule has 0 fully saturated rings. The predicted molar refractivity (Wildman–Crippen MR) is 110 cm³/mol. The van der Waals surface area contributed by atoms with Gasteiger partial charge in [0.2, 0.25) is 0 Å². The van der Waals surface area contributed by atoms with Crippen molar-refractivity contribution in [1.29, 1.82) is 0 Å². The highest BCUT2D eigenvalue weighted by Gasteiger charge is 2.18. The first-order valence-electron chi connectivity index (χ1n) is 9.97. The zero-order chi connectivity index (χ0) is 18.9. The lowest BCUT2D eigenvalue weighted by Gasteiger charge is -2.27. The van der Waals surface area contributed by atoms with Crippen molar-refractivity contribution in [1.82, 2.24) is 9.88 Å². The summed E-state index contributed by atoms with van der Waals surface area (Å²) in [6.45, 7) is 3.75. The average molecular weight is 365 g/mol. The standard InChI is InChI=1S/C23H28FN3/c1-2-3-4-5-6-9-16-27-18-20(19-11-13-21(24)14-12-19)17-26-23(27)22-10-7-8-15-25-22/h7-8,10-15,18H,2-6,9,16-17H2,1H3. The number of benzene rings is 1. The van der Waals surface area contributed by atoms with Crippen LogP contribution in [0.2, 0.25) is 0 Å². The van der Waals surface area contributed by atoms with Crippen molar-refractivity contribution in [2.24, 2.45) is 4.99 Å². The summed E-state index contributed by atoms with van der Waals surface area (Å²) in [6, 6.07) is 12.6. The topological polar surface area (TPSA) is 28.5 Å². The molecule has 2 aromatic rings. The fourth-order valence-corrected chi connectivity index (χ4v) is 3.33. The molecule has 27 heavy (non-hydrogen) atoms. The van der Waals surface area contributed by atoms with Crippen LogP contribution < -0.4 is 0 Å². The van der Waals surface area contributed by atoms with E-state index in [9.17, 15) is 4.39 Å². The zero-order valence-corrected chi connectivity index (χ0v) is 16.1. The molecule has 0 atom stereocenters. The van der Waals surface area contributed by atoms with Gasteiger partial charge in [-0.1, -0.05) is 57.2 Å². The van der Waals surface area contributed by atoms with E-state index >= 15 is 0 Å². The SMILES string of the molecule is CCCCCCCCN1C=C(c2ccc(F)cc2)CN=C1c1ccccn1. The molecular formula is C23H28FN3. The Balaban J connectivity index is 1.72. The van der Waals surface area contributed by atoms with Crippen LogP contribution in [0.25, 0.3) is 5.57 Å². The summed E-state index contributed by atoms with van der Waals surface area (Å²) in [4.78, 5) is 11.5. The Morgan fingerprint density at radius 3 is 2.48 bits per heavy atom. The molecule has 0 unspecified atom stereocenters. The van der Waals surface area contributed by atoms with Gasteiger partial charge in [0.15, 0.2) is 5.84 Å². The minimum atomic E-state index is -0.211. The number of unbranched alkanes of at least 4 members (excludes halogenated alkanes) is 5. The number of amidine groups is 1. The fraction of sp³-hybridized carbons (Fsp3) is 0.391. The summed E-state index contributed by atoms with van der Waals surface area (Å²) in [5.41, 5.74) is 3.03. The van der Waals surface area contributed by atoms with Gasteiger partial charge in [-0.15, -0.1) is 0 Å². The van der Waals surface area contributed by atoms with Gasteiger partial charge in [-0.05, 0) is 41.8 Å². The number of rotatable bonds is 9. The Morgan fingerprint density at radius 1 is 0.963 bits per heavy atom. The predicted octanol–water partition coefficient (Wildman–Crippen LogP) is 5.68. The van der Waals surface area contributed by atoms with Crippen molar-refractivity contribution in [3.63, 3.8) is 0 Å². The van der Waals surface area contributed by atoms with Crippen LogP contribution >= 0.6 is 0 Å². The second kappa shape index (κ2) is 10.0. The number of aromatic nitrogens is 1. The number of hydrogen-bond acceptors (Lipinski definition) is 3. The van der Waals surface area contributed by atoms with Gasteiger partial charge < -0.3 is 4.90 Å². The summed E-state index contributed by atoms with van der Waals surface area (Å²) >= 11 is 0. The van der Waals surface area contributed by atoms with Crippen LogP contribution in [0.1, 0.15) is 56.7 Å². The lowest BCUT2D eigenvalue weighted by Crippen LogP contribution is -2.32.